The zero-order chi connectivity index (χ0) is 14.7. The molecule has 3 heteroatoms. The molecule has 3 unspecified atom stereocenters. The first-order valence-corrected chi connectivity index (χ1v) is 7.57. The Morgan fingerprint density at radius 3 is 2.50 bits per heavy atom. The average Bonchev–Trinajstić information content (AvgIpc) is 3.25. The molecular formula is C17H25NO2. The largest absolute Gasteiger partial charge is 0.394 e. The minimum Gasteiger partial charge on any atom is -0.394 e. The standard InChI is InChI=1S/C17H25NO2/c1-4-14(10-19)18-17(20)16-9-15(16)13-7-5-12(6-8-13)11(2)3/h5-8,11,14-16,19H,4,9-10H2,1-3H3,(H,18,20). The maximum atomic E-state index is 12.1. The van der Waals surface area contributed by atoms with Crippen LogP contribution in [-0.4, -0.2) is 23.7 Å². The summed E-state index contributed by atoms with van der Waals surface area (Å²) < 4.78 is 0. The van der Waals surface area contributed by atoms with Gasteiger partial charge < -0.3 is 10.4 Å². The summed E-state index contributed by atoms with van der Waals surface area (Å²) in [6, 6.07) is 8.52. The first-order valence-electron chi connectivity index (χ1n) is 7.57. The zero-order valence-electron chi connectivity index (χ0n) is 12.6. The van der Waals surface area contributed by atoms with Gasteiger partial charge >= 0.3 is 0 Å². The van der Waals surface area contributed by atoms with Gasteiger partial charge in [0.05, 0.1) is 12.6 Å². The van der Waals surface area contributed by atoms with Crippen molar-refractivity contribution >= 4 is 5.91 Å². The van der Waals surface area contributed by atoms with Crippen molar-refractivity contribution in [3.63, 3.8) is 0 Å². The van der Waals surface area contributed by atoms with Gasteiger partial charge in [-0.15, -0.1) is 0 Å². The van der Waals surface area contributed by atoms with Crippen molar-refractivity contribution < 1.29 is 9.90 Å². The number of carbonyl (C=O) groups is 1. The van der Waals surface area contributed by atoms with Crippen LogP contribution in [0.25, 0.3) is 0 Å². The highest BCUT2D eigenvalue weighted by Crippen LogP contribution is 2.47. The Morgan fingerprint density at radius 1 is 1.35 bits per heavy atom. The molecule has 0 bridgehead atoms. The van der Waals surface area contributed by atoms with Crippen LogP contribution in [0, 0.1) is 5.92 Å². The van der Waals surface area contributed by atoms with Gasteiger partial charge in [-0.1, -0.05) is 45.0 Å². The van der Waals surface area contributed by atoms with Crippen molar-refractivity contribution in [3.8, 4) is 0 Å². The normalized spacial score (nSPS) is 22.6. The summed E-state index contributed by atoms with van der Waals surface area (Å²) in [4.78, 5) is 12.1. The SMILES string of the molecule is CCC(CO)NC(=O)C1CC1c1ccc(C(C)C)cc1. The number of amides is 1. The molecule has 0 radical (unpaired) electrons. The maximum Gasteiger partial charge on any atom is 0.224 e. The summed E-state index contributed by atoms with van der Waals surface area (Å²) >= 11 is 0. The summed E-state index contributed by atoms with van der Waals surface area (Å²) in [5.41, 5.74) is 2.59. The van der Waals surface area contributed by atoms with Crippen molar-refractivity contribution in [2.24, 2.45) is 5.92 Å². The summed E-state index contributed by atoms with van der Waals surface area (Å²) in [7, 11) is 0. The molecule has 0 spiro atoms. The Hall–Kier alpha value is -1.35. The molecule has 2 N–H and O–H groups in total. The second-order valence-electron chi connectivity index (χ2n) is 6.07. The van der Waals surface area contributed by atoms with Crippen molar-refractivity contribution in [2.45, 2.75) is 51.5 Å². The second kappa shape index (κ2) is 6.40. The van der Waals surface area contributed by atoms with Gasteiger partial charge in [0.25, 0.3) is 0 Å². The first-order chi connectivity index (χ1) is 9.56. The van der Waals surface area contributed by atoms with Gasteiger partial charge in [0.1, 0.15) is 0 Å². The lowest BCUT2D eigenvalue weighted by molar-refractivity contribution is -0.123. The number of aliphatic hydroxyl groups is 1. The Bertz CT molecular complexity index is 449. The third kappa shape index (κ3) is 3.40. The lowest BCUT2D eigenvalue weighted by Crippen LogP contribution is -2.38. The van der Waals surface area contributed by atoms with Gasteiger partial charge in [0.2, 0.25) is 5.91 Å². The predicted octanol–water partition coefficient (Wildman–Crippen LogP) is 2.80. The van der Waals surface area contributed by atoms with Crippen molar-refractivity contribution in [2.75, 3.05) is 6.61 Å². The van der Waals surface area contributed by atoms with Crippen LogP contribution in [0.2, 0.25) is 0 Å². The molecule has 0 saturated heterocycles. The number of carbonyl (C=O) groups excluding carboxylic acids is 1. The molecule has 1 amide bonds. The van der Waals surface area contributed by atoms with E-state index in [1.165, 1.54) is 11.1 Å². The Balaban J connectivity index is 1.92. The lowest BCUT2D eigenvalue weighted by Gasteiger charge is -2.14. The molecule has 20 heavy (non-hydrogen) atoms. The van der Waals surface area contributed by atoms with E-state index in [0.29, 0.717) is 11.8 Å². The highest BCUT2D eigenvalue weighted by molar-refractivity contribution is 5.83. The molecule has 0 aromatic heterocycles. The van der Waals surface area contributed by atoms with Crippen molar-refractivity contribution in [3.05, 3.63) is 35.4 Å². The molecule has 1 aromatic rings. The second-order valence-corrected chi connectivity index (χ2v) is 6.07. The third-order valence-corrected chi connectivity index (χ3v) is 4.22. The van der Waals surface area contributed by atoms with E-state index in [4.69, 9.17) is 5.11 Å². The molecule has 1 aliphatic carbocycles. The van der Waals surface area contributed by atoms with Gasteiger partial charge in [0.15, 0.2) is 0 Å². The van der Waals surface area contributed by atoms with E-state index in [-0.39, 0.29) is 24.5 Å². The minimum absolute atomic E-state index is 0.0166. The fraction of sp³-hybridized carbons (Fsp3) is 0.588. The van der Waals surface area contributed by atoms with E-state index in [1.54, 1.807) is 0 Å². The number of aliphatic hydroxyl groups excluding tert-OH is 1. The van der Waals surface area contributed by atoms with Crippen molar-refractivity contribution in [1.29, 1.82) is 0 Å². The Morgan fingerprint density at radius 2 is 2.00 bits per heavy atom. The Labute approximate surface area is 121 Å². The third-order valence-electron chi connectivity index (χ3n) is 4.22. The average molecular weight is 275 g/mol. The van der Waals surface area contributed by atoms with Crippen LogP contribution < -0.4 is 5.32 Å². The topological polar surface area (TPSA) is 49.3 Å². The highest BCUT2D eigenvalue weighted by Gasteiger charge is 2.44. The van der Waals surface area contributed by atoms with Crippen LogP contribution in [0.3, 0.4) is 0 Å². The summed E-state index contributed by atoms with van der Waals surface area (Å²) in [6.07, 6.45) is 1.69. The molecule has 1 saturated carbocycles. The molecule has 1 aliphatic rings. The number of hydrogen-bond acceptors (Lipinski definition) is 2. The van der Waals surface area contributed by atoms with E-state index in [1.807, 2.05) is 6.92 Å². The molecular weight excluding hydrogens is 250 g/mol. The molecule has 3 atom stereocenters. The quantitative estimate of drug-likeness (QED) is 0.838. The van der Waals surface area contributed by atoms with Crippen LogP contribution in [0.5, 0.6) is 0 Å². The molecule has 0 heterocycles. The van der Waals surface area contributed by atoms with Gasteiger partial charge in [-0.2, -0.15) is 0 Å². The van der Waals surface area contributed by atoms with Gasteiger partial charge in [-0.25, -0.2) is 0 Å². The summed E-state index contributed by atoms with van der Waals surface area (Å²) in [5, 5.41) is 12.0. The zero-order valence-corrected chi connectivity index (χ0v) is 12.6. The van der Waals surface area contributed by atoms with E-state index < -0.39 is 0 Å². The van der Waals surface area contributed by atoms with Crippen LogP contribution in [-0.2, 0) is 4.79 Å². The van der Waals surface area contributed by atoms with Gasteiger partial charge in [-0.05, 0) is 35.8 Å². The molecule has 1 fully saturated rings. The number of hydrogen-bond donors (Lipinski definition) is 2. The van der Waals surface area contributed by atoms with Crippen LogP contribution in [0.1, 0.15) is 56.6 Å². The van der Waals surface area contributed by atoms with Crippen LogP contribution in [0.15, 0.2) is 24.3 Å². The van der Waals surface area contributed by atoms with Gasteiger partial charge in [0, 0.05) is 5.92 Å². The Kier molecular flexibility index (Phi) is 4.81. The maximum absolute atomic E-state index is 12.1. The molecule has 3 nitrogen and oxygen atoms in total. The van der Waals surface area contributed by atoms with E-state index in [2.05, 4.69) is 43.4 Å². The monoisotopic (exact) mass is 275 g/mol. The smallest absolute Gasteiger partial charge is 0.224 e. The number of nitrogens with one attached hydrogen (secondary N) is 1. The summed E-state index contributed by atoms with van der Waals surface area (Å²) in [5.74, 6) is 1.06. The summed E-state index contributed by atoms with van der Waals surface area (Å²) in [6.45, 7) is 6.35. The fourth-order valence-corrected chi connectivity index (χ4v) is 2.57. The van der Waals surface area contributed by atoms with Crippen LogP contribution >= 0.6 is 0 Å². The fourth-order valence-electron chi connectivity index (χ4n) is 2.57. The first kappa shape index (κ1) is 15.0. The molecule has 110 valence electrons. The molecule has 2 rings (SSSR count). The number of benzene rings is 1. The van der Waals surface area contributed by atoms with E-state index in [0.717, 1.165) is 12.8 Å². The van der Waals surface area contributed by atoms with E-state index in [9.17, 15) is 4.79 Å². The van der Waals surface area contributed by atoms with Crippen LogP contribution in [0.4, 0.5) is 0 Å². The highest BCUT2D eigenvalue weighted by atomic mass is 16.3. The molecule has 1 aromatic carbocycles. The van der Waals surface area contributed by atoms with Crippen molar-refractivity contribution in [1.82, 2.24) is 5.32 Å². The van der Waals surface area contributed by atoms with Gasteiger partial charge in [-0.3, -0.25) is 4.79 Å². The number of rotatable bonds is 6. The lowest BCUT2D eigenvalue weighted by atomic mass is 10.00. The molecule has 0 aliphatic heterocycles. The van der Waals surface area contributed by atoms with E-state index >= 15 is 0 Å². The predicted molar refractivity (Wildman–Crippen MR) is 80.7 cm³/mol. The minimum atomic E-state index is -0.105.